The third kappa shape index (κ3) is 5.14. The van der Waals surface area contributed by atoms with Crippen molar-refractivity contribution in [3.05, 3.63) is 105 Å². The van der Waals surface area contributed by atoms with E-state index in [1.807, 2.05) is 62.8 Å². The van der Waals surface area contributed by atoms with Gasteiger partial charge >= 0.3 is 6.18 Å². The van der Waals surface area contributed by atoms with Gasteiger partial charge in [-0.3, -0.25) is 9.78 Å². The summed E-state index contributed by atoms with van der Waals surface area (Å²) < 4.78 is 49.0. The van der Waals surface area contributed by atoms with Crippen LogP contribution in [0.15, 0.2) is 65.8 Å². The Kier molecular flexibility index (Phi) is 6.71. The van der Waals surface area contributed by atoms with E-state index < -0.39 is 17.3 Å². The van der Waals surface area contributed by atoms with Gasteiger partial charge in [0, 0.05) is 59.6 Å². The van der Waals surface area contributed by atoms with E-state index in [1.54, 1.807) is 12.3 Å². The highest BCUT2D eigenvalue weighted by atomic mass is 19.4. The molecular formula is C29H26F3N5O2. The highest BCUT2D eigenvalue weighted by molar-refractivity contribution is 5.96. The first kappa shape index (κ1) is 26.1. The SMILES string of the molecule is Cc1cc(-c2ncc(C)n2C)c2cccc(OCc3c(C)ccnc3Cn3cc(C(F)(F)F)ccc3=O)c2n1. The zero-order valence-electron chi connectivity index (χ0n) is 21.9. The Balaban J connectivity index is 1.50. The van der Waals surface area contributed by atoms with E-state index >= 15 is 0 Å². The molecule has 0 unspecified atom stereocenters. The van der Waals surface area contributed by atoms with Crippen molar-refractivity contribution in [2.45, 2.75) is 40.1 Å². The summed E-state index contributed by atoms with van der Waals surface area (Å²) in [6.45, 7) is 5.73. The van der Waals surface area contributed by atoms with Gasteiger partial charge in [0.2, 0.25) is 0 Å². The molecule has 7 nitrogen and oxygen atoms in total. The Hall–Kier alpha value is -4.47. The van der Waals surface area contributed by atoms with E-state index in [1.165, 1.54) is 0 Å². The molecule has 0 saturated carbocycles. The molecule has 5 aromatic rings. The average Bonchev–Trinajstić information content (AvgIpc) is 3.21. The van der Waals surface area contributed by atoms with Crippen LogP contribution in [0.4, 0.5) is 13.2 Å². The number of ether oxygens (including phenoxy) is 1. The second kappa shape index (κ2) is 10.0. The second-order valence-electron chi connectivity index (χ2n) is 9.47. The summed E-state index contributed by atoms with van der Waals surface area (Å²) in [6.07, 6.45) is -0.362. The molecule has 4 aromatic heterocycles. The first-order chi connectivity index (χ1) is 18.5. The zero-order valence-corrected chi connectivity index (χ0v) is 21.9. The molecule has 0 bridgehead atoms. The smallest absolute Gasteiger partial charge is 0.417 e. The summed E-state index contributed by atoms with van der Waals surface area (Å²) in [5, 5.41) is 0.880. The molecule has 39 heavy (non-hydrogen) atoms. The minimum absolute atomic E-state index is 0.0916. The van der Waals surface area contributed by atoms with Crippen molar-refractivity contribution in [1.82, 2.24) is 24.1 Å². The third-order valence-electron chi connectivity index (χ3n) is 6.77. The molecule has 200 valence electrons. The summed E-state index contributed by atoms with van der Waals surface area (Å²) in [7, 11) is 1.96. The van der Waals surface area contributed by atoms with E-state index in [0.29, 0.717) is 22.5 Å². The topological polar surface area (TPSA) is 74.8 Å². The molecule has 0 fully saturated rings. The molecule has 0 N–H and O–H groups in total. The minimum Gasteiger partial charge on any atom is -0.487 e. The Morgan fingerprint density at radius 2 is 1.82 bits per heavy atom. The van der Waals surface area contributed by atoms with Gasteiger partial charge in [0.05, 0.1) is 17.8 Å². The van der Waals surface area contributed by atoms with Crippen molar-refractivity contribution in [2.24, 2.45) is 7.05 Å². The number of aromatic nitrogens is 5. The van der Waals surface area contributed by atoms with E-state index in [9.17, 15) is 18.0 Å². The molecule has 0 spiro atoms. The van der Waals surface area contributed by atoms with Gasteiger partial charge in [0.25, 0.3) is 5.56 Å². The number of pyridine rings is 3. The number of benzene rings is 1. The molecule has 10 heteroatoms. The molecule has 0 radical (unpaired) electrons. The minimum atomic E-state index is -4.56. The molecule has 5 rings (SSSR count). The van der Waals surface area contributed by atoms with Gasteiger partial charge < -0.3 is 13.9 Å². The lowest BCUT2D eigenvalue weighted by atomic mass is 10.1. The highest BCUT2D eigenvalue weighted by Gasteiger charge is 2.31. The van der Waals surface area contributed by atoms with E-state index in [2.05, 4.69) is 9.97 Å². The van der Waals surface area contributed by atoms with Gasteiger partial charge in [0.15, 0.2) is 0 Å². The fraction of sp³-hybridized carbons (Fsp3) is 0.241. The number of rotatable bonds is 6. The second-order valence-corrected chi connectivity index (χ2v) is 9.47. The standard InChI is InChI=1S/C29H26F3N5O2/c1-17-10-11-33-24(15-37-14-20(29(30,31)32)8-9-26(37)38)23(17)16-39-25-7-5-6-21-22(12-18(2)35-27(21)25)28-34-13-19(3)36(28)4/h5-14H,15-16H2,1-4H3. The van der Waals surface area contributed by atoms with Gasteiger partial charge in [-0.15, -0.1) is 0 Å². The van der Waals surface area contributed by atoms with Crippen molar-refractivity contribution >= 4 is 10.9 Å². The number of fused-ring (bicyclic) bond motifs is 1. The maximum atomic E-state index is 13.2. The summed E-state index contributed by atoms with van der Waals surface area (Å²) >= 11 is 0. The molecule has 0 saturated heterocycles. The Labute approximate surface area is 222 Å². The molecule has 0 aliphatic rings. The largest absolute Gasteiger partial charge is 0.487 e. The lowest BCUT2D eigenvalue weighted by Crippen LogP contribution is -2.23. The lowest BCUT2D eigenvalue weighted by Gasteiger charge is -2.16. The molecule has 0 aliphatic carbocycles. The zero-order chi connectivity index (χ0) is 27.9. The van der Waals surface area contributed by atoms with E-state index in [4.69, 9.17) is 9.72 Å². The van der Waals surface area contributed by atoms with Crippen LogP contribution in [0.2, 0.25) is 0 Å². The van der Waals surface area contributed by atoms with Crippen LogP contribution >= 0.6 is 0 Å². The lowest BCUT2D eigenvalue weighted by molar-refractivity contribution is -0.138. The van der Waals surface area contributed by atoms with Crippen molar-refractivity contribution < 1.29 is 17.9 Å². The van der Waals surface area contributed by atoms with Crippen LogP contribution in [0, 0.1) is 20.8 Å². The third-order valence-corrected chi connectivity index (χ3v) is 6.77. The van der Waals surface area contributed by atoms with Gasteiger partial charge in [-0.2, -0.15) is 13.2 Å². The van der Waals surface area contributed by atoms with E-state index in [0.717, 1.165) is 56.6 Å². The molecule has 0 aliphatic heterocycles. The van der Waals surface area contributed by atoms with Crippen LogP contribution in [0.1, 0.15) is 33.8 Å². The van der Waals surface area contributed by atoms with Crippen LogP contribution in [-0.2, 0) is 26.4 Å². The van der Waals surface area contributed by atoms with Gasteiger partial charge in [-0.25, -0.2) is 9.97 Å². The average molecular weight is 534 g/mol. The van der Waals surface area contributed by atoms with Crippen LogP contribution in [-0.4, -0.2) is 24.1 Å². The molecular weight excluding hydrogens is 507 g/mol. The predicted octanol–water partition coefficient (Wildman–Crippen LogP) is 5.76. The number of nitrogens with zero attached hydrogens (tertiary/aromatic N) is 5. The summed E-state index contributed by atoms with van der Waals surface area (Å²) in [6, 6.07) is 11.2. The Morgan fingerprint density at radius 1 is 1.03 bits per heavy atom. The number of imidazole rings is 1. The van der Waals surface area contributed by atoms with Crippen molar-refractivity contribution in [1.29, 1.82) is 0 Å². The fourth-order valence-electron chi connectivity index (χ4n) is 4.51. The van der Waals surface area contributed by atoms with Crippen LogP contribution in [0.25, 0.3) is 22.3 Å². The van der Waals surface area contributed by atoms with Crippen molar-refractivity contribution in [2.75, 3.05) is 0 Å². The van der Waals surface area contributed by atoms with Crippen molar-refractivity contribution in [3.63, 3.8) is 0 Å². The summed E-state index contributed by atoms with van der Waals surface area (Å²) in [5.41, 5.74) is 3.96. The molecule has 4 heterocycles. The number of hydrogen-bond donors (Lipinski definition) is 0. The quantitative estimate of drug-likeness (QED) is 0.277. The number of hydrogen-bond acceptors (Lipinski definition) is 5. The predicted molar refractivity (Wildman–Crippen MR) is 142 cm³/mol. The normalized spacial score (nSPS) is 11.8. The summed E-state index contributed by atoms with van der Waals surface area (Å²) in [5.74, 6) is 1.37. The molecule has 1 aromatic carbocycles. The highest BCUT2D eigenvalue weighted by Crippen LogP contribution is 2.33. The fourth-order valence-corrected chi connectivity index (χ4v) is 4.51. The Bertz CT molecular complexity index is 1750. The first-order valence-corrected chi connectivity index (χ1v) is 12.3. The van der Waals surface area contributed by atoms with Crippen LogP contribution in [0.5, 0.6) is 5.75 Å². The first-order valence-electron chi connectivity index (χ1n) is 12.3. The number of aryl methyl sites for hydroxylation is 3. The van der Waals surface area contributed by atoms with Crippen LogP contribution in [0.3, 0.4) is 0 Å². The maximum absolute atomic E-state index is 13.2. The number of halogens is 3. The van der Waals surface area contributed by atoms with Gasteiger partial charge in [-0.05, 0) is 50.6 Å². The van der Waals surface area contributed by atoms with Crippen LogP contribution < -0.4 is 10.3 Å². The maximum Gasteiger partial charge on any atom is 0.417 e. The number of alkyl halides is 3. The van der Waals surface area contributed by atoms with E-state index in [-0.39, 0.29) is 13.2 Å². The van der Waals surface area contributed by atoms with Gasteiger partial charge in [-0.1, -0.05) is 12.1 Å². The number of para-hydroxylation sites is 1. The van der Waals surface area contributed by atoms with Crippen molar-refractivity contribution in [3.8, 4) is 17.1 Å². The Morgan fingerprint density at radius 3 is 2.54 bits per heavy atom. The monoisotopic (exact) mass is 533 g/mol. The molecule has 0 amide bonds. The molecule has 0 atom stereocenters. The van der Waals surface area contributed by atoms with Gasteiger partial charge in [0.1, 0.15) is 23.7 Å². The summed E-state index contributed by atoms with van der Waals surface area (Å²) in [4.78, 5) is 26.0.